The Hall–Kier alpha value is -2.51. The van der Waals surface area contributed by atoms with Crippen molar-refractivity contribution in [3.05, 3.63) is 30.2 Å². The lowest BCUT2D eigenvalue weighted by Crippen LogP contribution is -2.33. The molecule has 0 radical (unpaired) electrons. The molecule has 1 atom stereocenters. The van der Waals surface area contributed by atoms with Crippen LogP contribution in [0.1, 0.15) is 19.0 Å². The van der Waals surface area contributed by atoms with E-state index in [9.17, 15) is 9.18 Å². The van der Waals surface area contributed by atoms with Gasteiger partial charge in [-0.2, -0.15) is 5.10 Å². The van der Waals surface area contributed by atoms with E-state index < -0.39 is 11.9 Å². The summed E-state index contributed by atoms with van der Waals surface area (Å²) < 4.78 is 15.8. The summed E-state index contributed by atoms with van der Waals surface area (Å²) in [6, 6.07) is -0.491. The molecule has 2 aromatic heterocycles. The molecule has 3 heterocycles. The maximum absolute atomic E-state index is 14.2. The molecule has 1 fully saturated rings. The maximum atomic E-state index is 14.2. The molecule has 0 aromatic carbocycles. The molecule has 1 aliphatic rings. The number of amides is 1. The number of aryl methyl sites for hydroxylation is 2. The highest BCUT2D eigenvalue weighted by Gasteiger charge is 2.34. The predicted octanol–water partition coefficient (Wildman–Crippen LogP) is 1.13. The van der Waals surface area contributed by atoms with Crippen LogP contribution in [0, 0.1) is 5.82 Å². The van der Waals surface area contributed by atoms with Crippen LogP contribution in [0.2, 0.25) is 0 Å². The van der Waals surface area contributed by atoms with Gasteiger partial charge in [0.2, 0.25) is 5.91 Å². The number of anilines is 2. The zero-order valence-electron chi connectivity index (χ0n) is 12.5. The van der Waals surface area contributed by atoms with E-state index in [2.05, 4.69) is 20.4 Å². The Balaban J connectivity index is 1.76. The highest BCUT2D eigenvalue weighted by Crippen LogP contribution is 2.23. The Bertz CT molecular complexity index is 700. The topological polar surface area (TPSA) is 75.9 Å². The first kappa shape index (κ1) is 14.4. The minimum Gasteiger partial charge on any atom is -0.356 e. The number of rotatable bonds is 4. The van der Waals surface area contributed by atoms with Gasteiger partial charge in [-0.25, -0.2) is 14.4 Å². The van der Waals surface area contributed by atoms with Crippen LogP contribution in [-0.4, -0.2) is 38.2 Å². The third-order valence-corrected chi connectivity index (χ3v) is 3.72. The molecular weight excluding hydrogens is 287 g/mol. The normalized spacial score (nSPS) is 18.0. The molecule has 0 spiro atoms. The number of halogens is 1. The smallest absolute Gasteiger partial charge is 0.249 e. The second kappa shape index (κ2) is 5.70. The van der Waals surface area contributed by atoms with E-state index in [4.69, 9.17) is 0 Å². The van der Waals surface area contributed by atoms with Crippen molar-refractivity contribution in [1.29, 1.82) is 0 Å². The van der Waals surface area contributed by atoms with Crippen LogP contribution in [0.3, 0.4) is 0 Å². The first-order valence-corrected chi connectivity index (χ1v) is 7.16. The van der Waals surface area contributed by atoms with Crippen molar-refractivity contribution in [2.75, 3.05) is 16.8 Å². The molecule has 2 aromatic rings. The fourth-order valence-electron chi connectivity index (χ4n) is 2.54. The van der Waals surface area contributed by atoms with E-state index in [1.807, 2.05) is 6.92 Å². The van der Waals surface area contributed by atoms with Crippen LogP contribution in [-0.2, 0) is 18.3 Å². The molecule has 3 rings (SSSR count). The van der Waals surface area contributed by atoms with Gasteiger partial charge in [0.1, 0.15) is 12.4 Å². The minimum absolute atomic E-state index is 0.0817. The monoisotopic (exact) mass is 304 g/mol. The molecule has 22 heavy (non-hydrogen) atoms. The van der Waals surface area contributed by atoms with Crippen molar-refractivity contribution in [2.24, 2.45) is 7.05 Å². The van der Waals surface area contributed by atoms with E-state index in [0.717, 1.165) is 5.69 Å². The number of hydrogen-bond donors (Lipinski definition) is 1. The molecule has 8 heteroatoms. The van der Waals surface area contributed by atoms with Gasteiger partial charge >= 0.3 is 0 Å². The molecule has 1 aliphatic heterocycles. The summed E-state index contributed by atoms with van der Waals surface area (Å²) in [5.74, 6) is -0.514. The van der Waals surface area contributed by atoms with Crippen LogP contribution in [0.4, 0.5) is 15.9 Å². The Kier molecular flexibility index (Phi) is 3.74. The average Bonchev–Trinajstić information content (AvgIpc) is 3.08. The number of carbonyl (C=O) groups excluding carboxylic acids is 1. The second-order valence-electron chi connectivity index (χ2n) is 5.18. The highest BCUT2D eigenvalue weighted by atomic mass is 19.1. The van der Waals surface area contributed by atoms with Crippen LogP contribution in [0.15, 0.2) is 18.7 Å². The molecule has 7 nitrogen and oxygen atoms in total. The number of nitrogens with one attached hydrogen (secondary N) is 1. The Morgan fingerprint density at radius 2 is 2.27 bits per heavy atom. The summed E-state index contributed by atoms with van der Waals surface area (Å²) in [6.07, 6.45) is 5.78. The van der Waals surface area contributed by atoms with Gasteiger partial charge in [-0.05, 0) is 12.8 Å². The van der Waals surface area contributed by atoms with Crippen molar-refractivity contribution in [3.63, 3.8) is 0 Å². The van der Waals surface area contributed by atoms with E-state index in [0.29, 0.717) is 25.1 Å². The lowest BCUT2D eigenvalue weighted by molar-refractivity contribution is -0.117. The van der Waals surface area contributed by atoms with Crippen molar-refractivity contribution in [1.82, 2.24) is 19.7 Å². The summed E-state index contributed by atoms with van der Waals surface area (Å²) in [7, 11) is 1.79. The first-order chi connectivity index (χ1) is 10.6. The van der Waals surface area contributed by atoms with E-state index in [1.54, 1.807) is 29.0 Å². The molecule has 1 saturated heterocycles. The SMILES string of the molecule is CCc1ncnc(NC2CCN(c3cnn(C)c3)C2=O)c1F. The van der Waals surface area contributed by atoms with Crippen LogP contribution in [0.5, 0.6) is 0 Å². The molecule has 0 bridgehead atoms. The van der Waals surface area contributed by atoms with Crippen molar-refractivity contribution < 1.29 is 9.18 Å². The van der Waals surface area contributed by atoms with E-state index >= 15 is 0 Å². The summed E-state index contributed by atoms with van der Waals surface area (Å²) in [4.78, 5) is 21.9. The van der Waals surface area contributed by atoms with Crippen molar-refractivity contribution in [3.8, 4) is 0 Å². The molecule has 1 amide bonds. The van der Waals surface area contributed by atoms with Gasteiger partial charge in [0.15, 0.2) is 11.6 Å². The van der Waals surface area contributed by atoms with Gasteiger partial charge in [0.05, 0.1) is 17.6 Å². The maximum Gasteiger partial charge on any atom is 0.249 e. The molecule has 0 saturated carbocycles. The lowest BCUT2D eigenvalue weighted by Gasteiger charge is -2.16. The number of carbonyl (C=O) groups is 1. The zero-order chi connectivity index (χ0) is 15.7. The third kappa shape index (κ3) is 2.51. The van der Waals surface area contributed by atoms with Gasteiger partial charge in [-0.15, -0.1) is 0 Å². The van der Waals surface area contributed by atoms with Crippen LogP contribution < -0.4 is 10.2 Å². The largest absolute Gasteiger partial charge is 0.356 e. The standard InChI is InChI=1S/C14H17FN6O/c1-3-10-12(15)13(17-8-16-10)19-11-4-5-21(14(11)22)9-6-18-20(2)7-9/h6-8,11H,3-5H2,1-2H3,(H,16,17,19). The van der Waals surface area contributed by atoms with Gasteiger partial charge in [-0.1, -0.05) is 6.92 Å². The van der Waals surface area contributed by atoms with Gasteiger partial charge in [0.25, 0.3) is 0 Å². The number of nitrogens with zero attached hydrogens (tertiary/aromatic N) is 5. The fourth-order valence-corrected chi connectivity index (χ4v) is 2.54. The molecule has 116 valence electrons. The number of hydrogen-bond acceptors (Lipinski definition) is 5. The Labute approximate surface area is 127 Å². The van der Waals surface area contributed by atoms with Crippen LogP contribution >= 0.6 is 0 Å². The Morgan fingerprint density at radius 3 is 2.95 bits per heavy atom. The van der Waals surface area contributed by atoms with Crippen molar-refractivity contribution >= 4 is 17.4 Å². The molecule has 1 unspecified atom stereocenters. The van der Waals surface area contributed by atoms with Gasteiger partial charge < -0.3 is 10.2 Å². The second-order valence-corrected chi connectivity index (χ2v) is 5.18. The average molecular weight is 304 g/mol. The summed E-state index contributed by atoms with van der Waals surface area (Å²) in [5.41, 5.74) is 1.08. The third-order valence-electron chi connectivity index (χ3n) is 3.72. The minimum atomic E-state index is -0.491. The molecule has 0 aliphatic carbocycles. The summed E-state index contributed by atoms with van der Waals surface area (Å²) >= 11 is 0. The molecular formula is C14H17FN6O. The quantitative estimate of drug-likeness (QED) is 0.916. The van der Waals surface area contributed by atoms with Crippen molar-refractivity contribution in [2.45, 2.75) is 25.8 Å². The Morgan fingerprint density at radius 1 is 1.45 bits per heavy atom. The molecule has 1 N–H and O–H groups in total. The highest BCUT2D eigenvalue weighted by molar-refractivity contribution is 6.00. The lowest BCUT2D eigenvalue weighted by atomic mass is 10.2. The van der Waals surface area contributed by atoms with Gasteiger partial charge in [-0.3, -0.25) is 9.48 Å². The zero-order valence-corrected chi connectivity index (χ0v) is 12.5. The predicted molar refractivity (Wildman–Crippen MR) is 79.0 cm³/mol. The number of aromatic nitrogens is 4. The fraction of sp³-hybridized carbons (Fsp3) is 0.429. The van der Waals surface area contributed by atoms with E-state index in [1.165, 1.54) is 6.33 Å². The van der Waals surface area contributed by atoms with Crippen LogP contribution in [0.25, 0.3) is 0 Å². The summed E-state index contributed by atoms with van der Waals surface area (Å²) in [6.45, 7) is 2.38. The van der Waals surface area contributed by atoms with Gasteiger partial charge in [0, 0.05) is 19.8 Å². The van der Waals surface area contributed by atoms with E-state index in [-0.39, 0.29) is 11.7 Å². The summed E-state index contributed by atoms with van der Waals surface area (Å²) in [5, 5.41) is 6.96. The first-order valence-electron chi connectivity index (χ1n) is 7.16.